The zero-order chi connectivity index (χ0) is 24.1. The van der Waals surface area contributed by atoms with E-state index in [1.54, 1.807) is 18.2 Å². The molecule has 0 bridgehead atoms. The molecule has 8 nitrogen and oxygen atoms in total. The predicted octanol–water partition coefficient (Wildman–Crippen LogP) is 3.90. The molecule has 2 aromatic rings. The van der Waals surface area contributed by atoms with Crippen molar-refractivity contribution in [3.63, 3.8) is 0 Å². The molecule has 0 atom stereocenters. The van der Waals surface area contributed by atoms with Crippen molar-refractivity contribution < 1.29 is 18.3 Å². The molecule has 0 amide bonds. The number of amidine groups is 1. The molecule has 0 unspecified atom stereocenters. The summed E-state index contributed by atoms with van der Waals surface area (Å²) in [6, 6.07) is 7.09. The molecule has 0 N–H and O–H groups in total. The van der Waals surface area contributed by atoms with Crippen LogP contribution in [0.15, 0.2) is 45.6 Å². The summed E-state index contributed by atoms with van der Waals surface area (Å²) in [7, 11) is 0. The Hall–Kier alpha value is -2.85. The number of halogens is 2. The van der Waals surface area contributed by atoms with Crippen LogP contribution in [0.25, 0.3) is 11.0 Å². The average Bonchev–Trinajstić information content (AvgIpc) is 3.27. The van der Waals surface area contributed by atoms with Crippen molar-refractivity contribution in [2.75, 3.05) is 52.6 Å². The van der Waals surface area contributed by atoms with E-state index in [4.69, 9.17) is 19.5 Å². The lowest BCUT2D eigenvalue weighted by atomic mass is 10.2. The van der Waals surface area contributed by atoms with Gasteiger partial charge in [-0.1, -0.05) is 19.1 Å². The molecule has 2 aliphatic heterocycles. The zero-order valence-electron chi connectivity index (χ0n) is 20.0. The van der Waals surface area contributed by atoms with Gasteiger partial charge >= 0.3 is 0 Å². The quantitative estimate of drug-likeness (QED) is 0.497. The Morgan fingerprint density at radius 3 is 2.21 bits per heavy atom. The summed E-state index contributed by atoms with van der Waals surface area (Å²) in [6.45, 7) is 11.1. The number of ether oxygens (including phenoxy) is 2. The Kier molecular flexibility index (Phi) is 7.89. The molecule has 10 heteroatoms. The number of hydrogen-bond acceptors (Lipinski definition) is 5. The number of benzene rings is 1. The number of para-hydroxylation sites is 2. The fourth-order valence-electron chi connectivity index (χ4n) is 4.09. The number of alkyl halides is 2. The highest BCUT2D eigenvalue weighted by Crippen LogP contribution is 2.26. The van der Waals surface area contributed by atoms with Gasteiger partial charge < -0.3 is 19.3 Å². The van der Waals surface area contributed by atoms with Crippen LogP contribution in [-0.2, 0) is 9.47 Å². The van der Waals surface area contributed by atoms with Gasteiger partial charge in [0, 0.05) is 26.2 Å². The molecule has 0 saturated carbocycles. The molecular weight excluding hydrogens is 442 g/mol. The SMILES string of the molecule is CCC(C)=C(N=C(N=C(C)N1CCOCC1)n1c(C(F)F)nc2ccccc21)N1CCOCC1. The highest BCUT2D eigenvalue weighted by Gasteiger charge is 2.25. The number of hydrogen-bond donors (Lipinski definition) is 0. The second-order valence-electron chi connectivity index (χ2n) is 8.32. The van der Waals surface area contributed by atoms with Gasteiger partial charge in [0.1, 0.15) is 11.7 Å². The van der Waals surface area contributed by atoms with E-state index >= 15 is 0 Å². The van der Waals surface area contributed by atoms with Crippen molar-refractivity contribution in [2.24, 2.45) is 9.98 Å². The number of nitrogens with zero attached hydrogens (tertiary/aromatic N) is 6. The van der Waals surface area contributed by atoms with Gasteiger partial charge in [-0.2, -0.15) is 9.98 Å². The van der Waals surface area contributed by atoms with Crippen molar-refractivity contribution in [3.05, 3.63) is 41.5 Å². The highest BCUT2D eigenvalue weighted by atomic mass is 19.3. The first-order valence-corrected chi connectivity index (χ1v) is 11.7. The van der Waals surface area contributed by atoms with Gasteiger partial charge in [0.2, 0.25) is 5.96 Å². The number of rotatable bonds is 4. The van der Waals surface area contributed by atoms with Crippen LogP contribution in [0.5, 0.6) is 0 Å². The number of morpholine rings is 2. The maximum Gasteiger partial charge on any atom is 0.296 e. The normalized spacial score (nSPS) is 19.2. The lowest BCUT2D eigenvalue weighted by molar-refractivity contribution is 0.0525. The smallest absolute Gasteiger partial charge is 0.296 e. The van der Waals surface area contributed by atoms with E-state index in [0.29, 0.717) is 69.5 Å². The molecule has 0 aliphatic carbocycles. The first-order valence-electron chi connectivity index (χ1n) is 11.7. The molecule has 2 fully saturated rings. The van der Waals surface area contributed by atoms with Gasteiger partial charge in [-0.15, -0.1) is 0 Å². The molecule has 1 aromatic heterocycles. The lowest BCUT2D eigenvalue weighted by Crippen LogP contribution is -2.40. The second kappa shape index (κ2) is 11.1. The van der Waals surface area contributed by atoms with E-state index in [1.807, 2.05) is 19.9 Å². The first-order chi connectivity index (χ1) is 16.5. The van der Waals surface area contributed by atoms with E-state index in [9.17, 15) is 8.78 Å². The van der Waals surface area contributed by atoms with Gasteiger partial charge in [-0.3, -0.25) is 4.57 Å². The number of fused-ring (bicyclic) bond motifs is 1. The number of aromatic nitrogens is 2. The lowest BCUT2D eigenvalue weighted by Gasteiger charge is -2.31. The Bertz CT molecular complexity index is 1080. The maximum absolute atomic E-state index is 14.2. The van der Waals surface area contributed by atoms with Crippen LogP contribution in [-0.4, -0.2) is 83.8 Å². The minimum atomic E-state index is -2.78. The van der Waals surface area contributed by atoms with Crippen LogP contribution in [0, 0.1) is 0 Å². The van der Waals surface area contributed by atoms with Crippen LogP contribution < -0.4 is 0 Å². The predicted molar refractivity (Wildman–Crippen MR) is 128 cm³/mol. The molecule has 0 radical (unpaired) electrons. The summed E-state index contributed by atoms with van der Waals surface area (Å²) >= 11 is 0. The molecule has 2 aliphatic rings. The van der Waals surface area contributed by atoms with Crippen LogP contribution in [0.1, 0.15) is 39.4 Å². The van der Waals surface area contributed by atoms with E-state index < -0.39 is 6.43 Å². The maximum atomic E-state index is 14.2. The Morgan fingerprint density at radius 1 is 0.971 bits per heavy atom. The van der Waals surface area contributed by atoms with Gasteiger partial charge in [-0.25, -0.2) is 13.8 Å². The standard InChI is InChI=1S/C24H32F2N6O2/c1-4-17(2)22(31-11-15-34-16-12-31)29-24(27-18(3)30-9-13-33-14-10-30)32-20-8-6-5-7-19(20)28-23(32)21(25)26/h5-8,21H,4,9-16H2,1-3H3. The topological polar surface area (TPSA) is 67.5 Å². The van der Waals surface area contributed by atoms with Crippen molar-refractivity contribution in [2.45, 2.75) is 33.6 Å². The number of aliphatic imine (C=N–C) groups is 2. The third-order valence-corrected chi connectivity index (χ3v) is 6.14. The number of allylic oxidation sites excluding steroid dienone is 1. The molecule has 2 saturated heterocycles. The minimum absolute atomic E-state index is 0.183. The molecule has 0 spiro atoms. The van der Waals surface area contributed by atoms with Gasteiger partial charge in [0.05, 0.1) is 37.5 Å². The summed E-state index contributed by atoms with van der Waals surface area (Å²) < 4.78 is 40.7. The van der Waals surface area contributed by atoms with Crippen LogP contribution >= 0.6 is 0 Å². The fourth-order valence-corrected chi connectivity index (χ4v) is 4.09. The summed E-state index contributed by atoms with van der Waals surface area (Å²) in [4.78, 5) is 18.2. The van der Waals surface area contributed by atoms with Crippen LogP contribution in [0.4, 0.5) is 8.78 Å². The molecule has 184 valence electrons. The molecule has 4 rings (SSSR count). The average molecular weight is 475 g/mol. The summed E-state index contributed by atoms with van der Waals surface area (Å²) in [5.74, 6) is 1.27. The van der Waals surface area contributed by atoms with Crippen molar-refractivity contribution in [1.82, 2.24) is 19.4 Å². The third kappa shape index (κ3) is 5.28. The van der Waals surface area contributed by atoms with Crippen LogP contribution in [0.3, 0.4) is 0 Å². The van der Waals surface area contributed by atoms with Gasteiger partial charge in [0.25, 0.3) is 6.43 Å². The summed E-state index contributed by atoms with van der Waals surface area (Å²) in [5.41, 5.74) is 2.08. The zero-order valence-corrected chi connectivity index (χ0v) is 20.0. The fraction of sp³-hybridized carbons (Fsp3) is 0.542. The minimum Gasteiger partial charge on any atom is -0.378 e. The largest absolute Gasteiger partial charge is 0.378 e. The third-order valence-electron chi connectivity index (χ3n) is 6.14. The number of imidazole rings is 1. The summed E-state index contributed by atoms with van der Waals surface area (Å²) in [5, 5.41) is 0. The van der Waals surface area contributed by atoms with E-state index in [2.05, 4.69) is 21.7 Å². The van der Waals surface area contributed by atoms with Crippen molar-refractivity contribution in [1.29, 1.82) is 0 Å². The monoisotopic (exact) mass is 474 g/mol. The Labute approximate surface area is 198 Å². The Balaban J connectivity index is 1.90. The second-order valence-corrected chi connectivity index (χ2v) is 8.32. The molecular formula is C24H32F2N6O2. The van der Waals surface area contributed by atoms with E-state index in [-0.39, 0.29) is 11.8 Å². The van der Waals surface area contributed by atoms with Crippen LogP contribution in [0.2, 0.25) is 0 Å². The van der Waals surface area contributed by atoms with E-state index in [0.717, 1.165) is 17.8 Å². The first kappa shape index (κ1) is 24.3. The van der Waals surface area contributed by atoms with Crippen molar-refractivity contribution >= 4 is 22.8 Å². The molecule has 3 heterocycles. The van der Waals surface area contributed by atoms with Gasteiger partial charge in [0.15, 0.2) is 5.82 Å². The summed E-state index contributed by atoms with van der Waals surface area (Å²) in [6.07, 6.45) is -2.00. The van der Waals surface area contributed by atoms with Crippen molar-refractivity contribution in [3.8, 4) is 0 Å². The van der Waals surface area contributed by atoms with E-state index in [1.165, 1.54) is 4.57 Å². The molecule has 34 heavy (non-hydrogen) atoms. The van der Waals surface area contributed by atoms with Gasteiger partial charge in [-0.05, 0) is 38.0 Å². The highest BCUT2D eigenvalue weighted by molar-refractivity contribution is 6.00. The molecule has 1 aromatic carbocycles. The Morgan fingerprint density at radius 2 is 1.59 bits per heavy atom.